The highest BCUT2D eigenvalue weighted by Gasteiger charge is 2.39. The summed E-state index contributed by atoms with van der Waals surface area (Å²) in [6.07, 6.45) is 2.30. The Hall–Kier alpha value is -2.90. The van der Waals surface area contributed by atoms with Crippen molar-refractivity contribution in [2.75, 3.05) is 6.61 Å². The highest BCUT2D eigenvalue weighted by molar-refractivity contribution is 6.30. The SMILES string of the molecule is CC1(C)OCCC1n1nc(-c2ccc(Cl)cc2)nc1CCCn1c(=O)oc2ccccc21. The zero-order valence-corrected chi connectivity index (χ0v) is 18.9. The molecule has 7 nitrogen and oxygen atoms in total. The molecule has 0 aliphatic carbocycles. The molecule has 1 fully saturated rings. The molecular weight excluding hydrogens is 428 g/mol. The summed E-state index contributed by atoms with van der Waals surface area (Å²) < 4.78 is 15.0. The van der Waals surface area contributed by atoms with Crippen LogP contribution in [0.5, 0.6) is 0 Å². The maximum atomic E-state index is 12.3. The van der Waals surface area contributed by atoms with E-state index in [1.54, 1.807) is 4.57 Å². The lowest BCUT2D eigenvalue weighted by atomic mass is 9.99. The summed E-state index contributed by atoms with van der Waals surface area (Å²) in [5.41, 5.74) is 2.02. The standard InChI is InChI=1S/C24H25ClN4O3/c1-24(2)20(13-15-31-24)29-21(26-22(27-29)16-9-11-17(25)12-10-16)8-5-14-28-18-6-3-4-7-19(18)32-23(28)30/h3-4,6-7,9-12,20H,5,8,13-15H2,1-2H3. The summed E-state index contributed by atoms with van der Waals surface area (Å²) in [5.74, 6) is 1.23. The third kappa shape index (κ3) is 3.87. The number of fused-ring (bicyclic) bond motifs is 1. The smallest absolute Gasteiger partial charge is 0.408 e. The molecule has 1 aliphatic rings. The van der Waals surface area contributed by atoms with Gasteiger partial charge in [-0.25, -0.2) is 14.5 Å². The van der Waals surface area contributed by atoms with Crippen LogP contribution in [0.4, 0.5) is 0 Å². The van der Waals surface area contributed by atoms with E-state index in [2.05, 4.69) is 13.8 Å². The molecule has 1 saturated heterocycles. The van der Waals surface area contributed by atoms with E-state index in [1.807, 2.05) is 53.2 Å². The summed E-state index contributed by atoms with van der Waals surface area (Å²) in [4.78, 5) is 17.2. The second-order valence-electron chi connectivity index (χ2n) is 8.65. The van der Waals surface area contributed by atoms with E-state index < -0.39 is 0 Å². The van der Waals surface area contributed by atoms with Crippen molar-refractivity contribution in [1.82, 2.24) is 19.3 Å². The van der Waals surface area contributed by atoms with Crippen LogP contribution >= 0.6 is 11.6 Å². The van der Waals surface area contributed by atoms with Crippen LogP contribution in [0.3, 0.4) is 0 Å². The first-order valence-electron chi connectivity index (χ1n) is 10.9. The number of halogens is 1. The summed E-state index contributed by atoms with van der Waals surface area (Å²) in [6.45, 7) is 5.43. The van der Waals surface area contributed by atoms with Crippen LogP contribution in [0.1, 0.15) is 38.6 Å². The Morgan fingerprint density at radius 2 is 1.94 bits per heavy atom. The number of hydrogen-bond acceptors (Lipinski definition) is 5. The third-order valence-electron chi connectivity index (χ3n) is 6.12. The van der Waals surface area contributed by atoms with Crippen molar-refractivity contribution in [1.29, 1.82) is 0 Å². The van der Waals surface area contributed by atoms with Gasteiger partial charge < -0.3 is 9.15 Å². The lowest BCUT2D eigenvalue weighted by Crippen LogP contribution is -2.31. The van der Waals surface area contributed by atoms with E-state index in [0.29, 0.717) is 36.0 Å². The number of aromatic nitrogens is 4. The van der Waals surface area contributed by atoms with Gasteiger partial charge in [-0.1, -0.05) is 23.7 Å². The van der Waals surface area contributed by atoms with Gasteiger partial charge in [0.1, 0.15) is 5.82 Å². The molecule has 1 unspecified atom stereocenters. The fraction of sp³-hybridized carbons (Fsp3) is 0.375. The normalized spacial score (nSPS) is 17.9. The Morgan fingerprint density at radius 1 is 1.16 bits per heavy atom. The van der Waals surface area contributed by atoms with Gasteiger partial charge in [0.15, 0.2) is 11.4 Å². The number of hydrogen-bond donors (Lipinski definition) is 0. The number of aryl methyl sites for hydroxylation is 2. The van der Waals surface area contributed by atoms with Gasteiger partial charge >= 0.3 is 5.76 Å². The minimum atomic E-state index is -0.333. The molecular formula is C24H25ClN4O3. The van der Waals surface area contributed by atoms with Gasteiger partial charge in [-0.2, -0.15) is 5.10 Å². The van der Waals surface area contributed by atoms with Gasteiger partial charge in [0.25, 0.3) is 0 Å². The fourth-order valence-corrected chi connectivity index (χ4v) is 4.54. The minimum absolute atomic E-state index is 0.100. The zero-order valence-electron chi connectivity index (χ0n) is 18.1. The number of oxazole rings is 1. The van der Waals surface area contributed by atoms with Crippen molar-refractivity contribution in [3.8, 4) is 11.4 Å². The number of ether oxygens (including phenoxy) is 1. The Labute approximate surface area is 190 Å². The van der Waals surface area contributed by atoms with Gasteiger partial charge in [-0.05, 0) is 63.1 Å². The maximum Gasteiger partial charge on any atom is 0.419 e. The molecule has 3 heterocycles. The van der Waals surface area contributed by atoms with Crippen LogP contribution < -0.4 is 5.76 Å². The Balaban J connectivity index is 1.43. The molecule has 5 rings (SSSR count). The molecule has 0 amide bonds. The topological polar surface area (TPSA) is 75.1 Å². The molecule has 2 aromatic carbocycles. The van der Waals surface area contributed by atoms with E-state index in [4.69, 9.17) is 30.8 Å². The summed E-state index contributed by atoms with van der Waals surface area (Å²) in [6, 6.07) is 15.1. The van der Waals surface area contributed by atoms with E-state index in [-0.39, 0.29) is 17.4 Å². The molecule has 0 saturated carbocycles. The molecule has 2 aromatic heterocycles. The molecule has 8 heteroatoms. The second-order valence-corrected chi connectivity index (χ2v) is 9.09. The quantitative estimate of drug-likeness (QED) is 0.416. The van der Waals surface area contributed by atoms with Crippen molar-refractivity contribution in [2.24, 2.45) is 0 Å². The van der Waals surface area contributed by atoms with Crippen molar-refractivity contribution < 1.29 is 9.15 Å². The lowest BCUT2D eigenvalue weighted by Gasteiger charge is -2.26. The first-order valence-corrected chi connectivity index (χ1v) is 11.2. The van der Waals surface area contributed by atoms with E-state index in [0.717, 1.165) is 29.7 Å². The first kappa shape index (κ1) is 21.0. The monoisotopic (exact) mass is 452 g/mol. The van der Waals surface area contributed by atoms with Gasteiger partial charge in [-0.15, -0.1) is 0 Å². The zero-order chi connectivity index (χ0) is 22.3. The van der Waals surface area contributed by atoms with Crippen LogP contribution in [-0.2, 0) is 17.7 Å². The average molecular weight is 453 g/mol. The van der Waals surface area contributed by atoms with Crippen molar-refractivity contribution in [3.05, 3.63) is 69.9 Å². The summed E-state index contributed by atoms with van der Waals surface area (Å²) in [5, 5.41) is 5.54. The van der Waals surface area contributed by atoms with Gasteiger partial charge in [-0.3, -0.25) is 4.57 Å². The molecule has 0 radical (unpaired) electrons. The van der Waals surface area contributed by atoms with Crippen LogP contribution in [0, 0.1) is 0 Å². The highest BCUT2D eigenvalue weighted by Crippen LogP contribution is 2.36. The number of benzene rings is 2. The largest absolute Gasteiger partial charge is 0.419 e. The summed E-state index contributed by atoms with van der Waals surface area (Å²) in [7, 11) is 0. The maximum absolute atomic E-state index is 12.3. The van der Waals surface area contributed by atoms with Crippen molar-refractivity contribution in [3.63, 3.8) is 0 Å². The molecule has 166 valence electrons. The number of rotatable bonds is 6. The van der Waals surface area contributed by atoms with Gasteiger partial charge in [0, 0.05) is 30.2 Å². The first-order chi connectivity index (χ1) is 15.4. The lowest BCUT2D eigenvalue weighted by molar-refractivity contribution is 0.0111. The predicted octanol–water partition coefficient (Wildman–Crippen LogP) is 4.88. The average Bonchev–Trinajstić information content (AvgIpc) is 3.43. The predicted molar refractivity (Wildman–Crippen MR) is 123 cm³/mol. The van der Waals surface area contributed by atoms with Crippen molar-refractivity contribution in [2.45, 2.75) is 51.3 Å². The second kappa shape index (κ2) is 8.22. The minimum Gasteiger partial charge on any atom is -0.408 e. The Kier molecular flexibility index (Phi) is 5.39. The highest BCUT2D eigenvalue weighted by atomic mass is 35.5. The van der Waals surface area contributed by atoms with E-state index in [9.17, 15) is 4.79 Å². The molecule has 4 aromatic rings. The van der Waals surface area contributed by atoms with Crippen LogP contribution in [0.15, 0.2) is 57.7 Å². The van der Waals surface area contributed by atoms with E-state index >= 15 is 0 Å². The molecule has 0 N–H and O–H groups in total. The Morgan fingerprint density at radius 3 is 2.69 bits per heavy atom. The Bertz CT molecular complexity index is 1300. The van der Waals surface area contributed by atoms with Crippen LogP contribution in [-0.4, -0.2) is 31.5 Å². The fourth-order valence-electron chi connectivity index (χ4n) is 4.41. The molecule has 0 spiro atoms. The number of nitrogens with zero attached hydrogens (tertiary/aromatic N) is 4. The van der Waals surface area contributed by atoms with Gasteiger partial charge in [0.05, 0.1) is 17.2 Å². The van der Waals surface area contributed by atoms with Crippen molar-refractivity contribution >= 4 is 22.7 Å². The third-order valence-corrected chi connectivity index (χ3v) is 6.38. The summed E-state index contributed by atoms with van der Waals surface area (Å²) >= 11 is 6.05. The van der Waals surface area contributed by atoms with Gasteiger partial charge in [0.2, 0.25) is 0 Å². The molecule has 32 heavy (non-hydrogen) atoms. The molecule has 0 bridgehead atoms. The van der Waals surface area contributed by atoms with Crippen LogP contribution in [0.2, 0.25) is 5.02 Å². The molecule has 1 aliphatic heterocycles. The number of para-hydroxylation sites is 2. The van der Waals surface area contributed by atoms with Crippen LogP contribution in [0.25, 0.3) is 22.5 Å². The molecule has 1 atom stereocenters. The van der Waals surface area contributed by atoms with E-state index in [1.165, 1.54) is 0 Å².